The van der Waals surface area contributed by atoms with E-state index in [1.165, 1.54) is 0 Å². The maximum atomic E-state index is 11.7. The van der Waals surface area contributed by atoms with Gasteiger partial charge in [-0.15, -0.1) is 0 Å². The molecule has 3 atom stereocenters. The lowest BCUT2D eigenvalue weighted by Crippen LogP contribution is -2.60. The molecule has 0 spiro atoms. The second kappa shape index (κ2) is 3.37. The van der Waals surface area contributed by atoms with E-state index >= 15 is 0 Å². The molecule has 2 heterocycles. The third-order valence-electron chi connectivity index (χ3n) is 3.13. The van der Waals surface area contributed by atoms with Crippen molar-refractivity contribution in [2.75, 3.05) is 13.1 Å². The van der Waals surface area contributed by atoms with Gasteiger partial charge in [0.2, 0.25) is 0 Å². The zero-order valence-corrected chi connectivity index (χ0v) is 9.56. The van der Waals surface area contributed by atoms with E-state index < -0.39 is 5.60 Å². The molecule has 4 nitrogen and oxygen atoms in total. The van der Waals surface area contributed by atoms with Crippen LogP contribution in [-0.4, -0.2) is 40.9 Å². The summed E-state index contributed by atoms with van der Waals surface area (Å²) in [5.74, 6) is 0.549. The first kappa shape index (κ1) is 10.7. The van der Waals surface area contributed by atoms with Crippen molar-refractivity contribution in [3.05, 3.63) is 0 Å². The number of carbonyl (C=O) groups is 1. The van der Waals surface area contributed by atoms with Gasteiger partial charge in [0.05, 0.1) is 6.10 Å². The zero-order chi connectivity index (χ0) is 11.2. The summed E-state index contributed by atoms with van der Waals surface area (Å²) in [5, 5.41) is 9.58. The molecule has 86 valence electrons. The van der Waals surface area contributed by atoms with Crippen LogP contribution in [0.15, 0.2) is 0 Å². The van der Waals surface area contributed by atoms with Crippen LogP contribution >= 0.6 is 0 Å². The second-order valence-corrected chi connectivity index (χ2v) is 5.63. The maximum Gasteiger partial charge on any atom is 0.410 e. The third-order valence-corrected chi connectivity index (χ3v) is 3.13. The van der Waals surface area contributed by atoms with E-state index in [1.807, 2.05) is 20.8 Å². The average molecular weight is 213 g/mol. The first-order chi connectivity index (χ1) is 6.87. The molecular weight excluding hydrogens is 194 g/mol. The molecule has 1 saturated carbocycles. The number of hydrogen-bond acceptors (Lipinski definition) is 3. The largest absolute Gasteiger partial charge is 0.444 e. The molecule has 3 fully saturated rings. The maximum absolute atomic E-state index is 11.7. The fourth-order valence-corrected chi connectivity index (χ4v) is 2.34. The molecule has 4 heteroatoms. The van der Waals surface area contributed by atoms with Gasteiger partial charge in [-0.05, 0) is 27.2 Å². The number of piperidine rings is 2. The average Bonchev–Trinajstić information content (AvgIpc) is 2.14. The van der Waals surface area contributed by atoms with Gasteiger partial charge in [0.25, 0.3) is 0 Å². The number of nitrogens with zero attached hydrogens (tertiary/aromatic N) is 1. The molecule has 1 amide bonds. The summed E-state index contributed by atoms with van der Waals surface area (Å²) in [5.41, 5.74) is -0.433. The molecule has 3 aliphatic rings. The minimum Gasteiger partial charge on any atom is -0.444 e. The SMILES string of the molecule is CC(C)(C)OC(=O)N1C[C@H]2C[C@@H](C1)C2O. The molecule has 15 heavy (non-hydrogen) atoms. The van der Waals surface area contributed by atoms with Crippen molar-refractivity contribution in [3.8, 4) is 0 Å². The van der Waals surface area contributed by atoms with Crippen LogP contribution in [0.1, 0.15) is 27.2 Å². The van der Waals surface area contributed by atoms with Gasteiger partial charge in [-0.25, -0.2) is 4.79 Å². The number of aliphatic hydroxyl groups excluding tert-OH is 1. The summed E-state index contributed by atoms with van der Waals surface area (Å²) in [6.45, 7) is 6.89. The van der Waals surface area contributed by atoms with Crippen molar-refractivity contribution in [3.63, 3.8) is 0 Å². The first-order valence-corrected chi connectivity index (χ1v) is 5.53. The Labute approximate surface area is 90.2 Å². The quantitative estimate of drug-likeness (QED) is 0.658. The Morgan fingerprint density at radius 2 is 1.87 bits per heavy atom. The van der Waals surface area contributed by atoms with Gasteiger partial charge in [-0.3, -0.25) is 0 Å². The van der Waals surface area contributed by atoms with Crippen molar-refractivity contribution in [2.24, 2.45) is 11.8 Å². The van der Waals surface area contributed by atoms with E-state index in [0.717, 1.165) is 6.42 Å². The Kier molecular flexibility index (Phi) is 2.41. The highest BCUT2D eigenvalue weighted by molar-refractivity contribution is 5.68. The highest BCUT2D eigenvalue weighted by Gasteiger charge is 2.47. The molecule has 0 aromatic heterocycles. The van der Waals surface area contributed by atoms with Crippen LogP contribution in [0.4, 0.5) is 4.79 Å². The summed E-state index contributed by atoms with van der Waals surface area (Å²) in [4.78, 5) is 13.4. The normalized spacial score (nSPS) is 34.7. The van der Waals surface area contributed by atoms with Gasteiger partial charge in [-0.1, -0.05) is 0 Å². The van der Waals surface area contributed by atoms with Crippen LogP contribution in [-0.2, 0) is 4.74 Å². The number of carbonyl (C=O) groups excluding carboxylic acids is 1. The summed E-state index contributed by atoms with van der Waals surface area (Å²) < 4.78 is 5.29. The van der Waals surface area contributed by atoms with Crippen molar-refractivity contribution in [1.82, 2.24) is 4.90 Å². The fraction of sp³-hybridized carbons (Fsp3) is 0.909. The molecule has 1 unspecified atom stereocenters. The van der Waals surface area contributed by atoms with Crippen LogP contribution in [0.2, 0.25) is 0 Å². The van der Waals surface area contributed by atoms with Crippen LogP contribution < -0.4 is 0 Å². The summed E-state index contributed by atoms with van der Waals surface area (Å²) >= 11 is 0. The van der Waals surface area contributed by atoms with Crippen LogP contribution in [0.3, 0.4) is 0 Å². The number of hydrogen-bond donors (Lipinski definition) is 1. The molecular formula is C11H19NO3. The molecule has 1 N–H and O–H groups in total. The highest BCUT2D eigenvalue weighted by Crippen LogP contribution is 2.40. The van der Waals surface area contributed by atoms with E-state index in [9.17, 15) is 9.90 Å². The lowest BCUT2D eigenvalue weighted by Gasteiger charge is -2.50. The van der Waals surface area contributed by atoms with Gasteiger partial charge >= 0.3 is 6.09 Å². The van der Waals surface area contributed by atoms with Crippen LogP contribution in [0.5, 0.6) is 0 Å². The minimum absolute atomic E-state index is 0.191. The molecule has 0 radical (unpaired) electrons. The molecule has 2 saturated heterocycles. The molecule has 2 bridgehead atoms. The Morgan fingerprint density at radius 3 is 2.27 bits per heavy atom. The number of amides is 1. The number of rotatable bonds is 0. The lowest BCUT2D eigenvalue weighted by atomic mass is 9.68. The van der Waals surface area contributed by atoms with Crippen molar-refractivity contribution in [2.45, 2.75) is 38.9 Å². The second-order valence-electron chi connectivity index (χ2n) is 5.63. The van der Waals surface area contributed by atoms with Gasteiger partial charge < -0.3 is 14.7 Å². The van der Waals surface area contributed by atoms with Gasteiger partial charge in [0.1, 0.15) is 5.60 Å². The molecule has 2 aliphatic heterocycles. The van der Waals surface area contributed by atoms with E-state index in [4.69, 9.17) is 4.74 Å². The highest BCUT2D eigenvalue weighted by atomic mass is 16.6. The Hall–Kier alpha value is -0.770. The van der Waals surface area contributed by atoms with E-state index in [1.54, 1.807) is 4.90 Å². The zero-order valence-electron chi connectivity index (χ0n) is 9.56. The number of aliphatic hydroxyl groups is 1. The number of fused-ring (bicyclic) bond motifs is 2. The van der Waals surface area contributed by atoms with Gasteiger partial charge in [0.15, 0.2) is 0 Å². The van der Waals surface area contributed by atoms with Gasteiger partial charge in [-0.2, -0.15) is 0 Å². The fourth-order valence-electron chi connectivity index (χ4n) is 2.34. The monoisotopic (exact) mass is 213 g/mol. The third kappa shape index (κ3) is 2.09. The lowest BCUT2D eigenvalue weighted by molar-refractivity contribution is -0.106. The van der Waals surface area contributed by atoms with Gasteiger partial charge in [0, 0.05) is 24.9 Å². The topological polar surface area (TPSA) is 49.8 Å². The predicted octanol–water partition coefficient (Wildman–Crippen LogP) is 1.23. The summed E-state index contributed by atoms with van der Waals surface area (Å²) in [7, 11) is 0. The van der Waals surface area contributed by atoms with Crippen molar-refractivity contribution in [1.29, 1.82) is 0 Å². The Bertz CT molecular complexity index is 259. The molecule has 1 aliphatic carbocycles. The Balaban J connectivity index is 1.88. The van der Waals surface area contributed by atoms with Crippen molar-refractivity contribution < 1.29 is 14.6 Å². The Morgan fingerprint density at radius 1 is 1.33 bits per heavy atom. The molecule has 0 aromatic carbocycles. The van der Waals surface area contributed by atoms with E-state index in [-0.39, 0.29) is 24.0 Å². The minimum atomic E-state index is -0.433. The predicted molar refractivity (Wildman–Crippen MR) is 55.4 cm³/mol. The van der Waals surface area contributed by atoms with E-state index in [2.05, 4.69) is 0 Å². The summed E-state index contributed by atoms with van der Waals surface area (Å²) in [6, 6.07) is 0. The van der Waals surface area contributed by atoms with Crippen LogP contribution in [0.25, 0.3) is 0 Å². The smallest absolute Gasteiger partial charge is 0.410 e. The van der Waals surface area contributed by atoms with Crippen molar-refractivity contribution >= 4 is 6.09 Å². The van der Waals surface area contributed by atoms with Crippen LogP contribution in [0, 0.1) is 11.8 Å². The molecule has 3 rings (SSSR count). The molecule has 0 aromatic rings. The number of ether oxygens (including phenoxy) is 1. The first-order valence-electron chi connectivity index (χ1n) is 5.53. The summed E-state index contributed by atoms with van der Waals surface area (Å²) in [6.07, 6.45) is 0.619. The van der Waals surface area contributed by atoms with E-state index in [0.29, 0.717) is 13.1 Å². The standard InChI is InChI=1S/C11H19NO3/c1-11(2,3)15-10(14)12-5-7-4-8(6-12)9(7)13/h7-9,13H,4-6H2,1-3H3/t7-,8+,9?.